The van der Waals surface area contributed by atoms with Gasteiger partial charge in [-0.05, 0) is 18.6 Å². The van der Waals surface area contributed by atoms with Crippen molar-refractivity contribution in [1.82, 2.24) is 5.01 Å². The number of carbonyl (C=O) groups excluding carboxylic acids is 1. The van der Waals surface area contributed by atoms with E-state index < -0.39 is 6.04 Å². The quantitative estimate of drug-likeness (QED) is 0.629. The van der Waals surface area contributed by atoms with Crippen LogP contribution in [0.3, 0.4) is 0 Å². The molecule has 5 nitrogen and oxygen atoms in total. The van der Waals surface area contributed by atoms with Gasteiger partial charge in [-0.15, -0.1) is 0 Å². The molecule has 0 radical (unpaired) electrons. The highest BCUT2D eigenvalue weighted by molar-refractivity contribution is 5.82. The molecule has 16 heavy (non-hydrogen) atoms. The minimum atomic E-state index is -0.665. The summed E-state index contributed by atoms with van der Waals surface area (Å²) in [5.41, 5.74) is 15.8. The Balaban J connectivity index is 2.68. The van der Waals surface area contributed by atoms with Crippen molar-refractivity contribution in [2.45, 2.75) is 13.0 Å². The summed E-state index contributed by atoms with van der Waals surface area (Å²) < 4.78 is 0. The molecule has 1 aromatic carbocycles. The van der Waals surface area contributed by atoms with Crippen molar-refractivity contribution in [1.29, 1.82) is 0 Å². The molecule has 0 saturated carbocycles. The van der Waals surface area contributed by atoms with Crippen molar-refractivity contribution in [3.8, 4) is 0 Å². The van der Waals surface area contributed by atoms with E-state index in [1.54, 1.807) is 7.05 Å². The second-order valence-corrected chi connectivity index (χ2v) is 3.67. The number of para-hydroxylation sites is 1. The first kappa shape index (κ1) is 12.5. The maximum Gasteiger partial charge on any atom is 0.258 e. The van der Waals surface area contributed by atoms with Crippen LogP contribution in [-0.2, 0) is 4.79 Å². The number of hydrogen-bond acceptors (Lipinski definition) is 4. The number of nitrogens with two attached hydrogens (primary N) is 2. The van der Waals surface area contributed by atoms with Crippen LogP contribution in [0.5, 0.6) is 0 Å². The van der Waals surface area contributed by atoms with Crippen LogP contribution in [0, 0.1) is 6.92 Å². The molecule has 0 heterocycles. The van der Waals surface area contributed by atoms with Crippen molar-refractivity contribution in [3.63, 3.8) is 0 Å². The molecule has 0 aliphatic heterocycles. The monoisotopic (exact) mass is 222 g/mol. The number of aryl methyl sites for hydroxylation is 1. The van der Waals surface area contributed by atoms with E-state index in [0.29, 0.717) is 0 Å². The zero-order valence-corrected chi connectivity index (χ0v) is 9.60. The van der Waals surface area contributed by atoms with E-state index in [2.05, 4.69) is 5.43 Å². The van der Waals surface area contributed by atoms with Crippen molar-refractivity contribution in [2.75, 3.05) is 19.0 Å². The minimum Gasteiger partial charge on any atom is -0.328 e. The largest absolute Gasteiger partial charge is 0.328 e. The van der Waals surface area contributed by atoms with Crippen LogP contribution in [-0.4, -0.2) is 30.6 Å². The Morgan fingerprint density at radius 3 is 2.69 bits per heavy atom. The van der Waals surface area contributed by atoms with Gasteiger partial charge < -0.3 is 11.5 Å². The molecule has 0 bridgehead atoms. The van der Waals surface area contributed by atoms with Gasteiger partial charge in [0.15, 0.2) is 0 Å². The number of benzene rings is 1. The highest BCUT2D eigenvalue weighted by atomic mass is 16.2. The van der Waals surface area contributed by atoms with Gasteiger partial charge in [-0.3, -0.25) is 15.2 Å². The van der Waals surface area contributed by atoms with Gasteiger partial charge in [-0.1, -0.05) is 18.2 Å². The number of rotatable bonds is 4. The van der Waals surface area contributed by atoms with Gasteiger partial charge in [-0.2, -0.15) is 0 Å². The molecular formula is C11H18N4O. The Labute approximate surface area is 95.4 Å². The van der Waals surface area contributed by atoms with Crippen LogP contribution in [0.4, 0.5) is 5.69 Å². The summed E-state index contributed by atoms with van der Waals surface area (Å²) in [7, 11) is 1.63. The number of hydrazine groups is 1. The van der Waals surface area contributed by atoms with Crippen LogP contribution < -0.4 is 16.9 Å². The van der Waals surface area contributed by atoms with E-state index in [1.807, 2.05) is 31.2 Å². The van der Waals surface area contributed by atoms with Crippen molar-refractivity contribution >= 4 is 11.6 Å². The summed E-state index contributed by atoms with van der Waals surface area (Å²) in [5.74, 6) is -0.231. The predicted molar refractivity (Wildman–Crippen MR) is 64.6 cm³/mol. The summed E-state index contributed by atoms with van der Waals surface area (Å²) in [5, 5.41) is 1.36. The summed E-state index contributed by atoms with van der Waals surface area (Å²) in [4.78, 5) is 11.6. The van der Waals surface area contributed by atoms with Gasteiger partial charge in [0.1, 0.15) is 0 Å². The van der Waals surface area contributed by atoms with Gasteiger partial charge in [-0.25, -0.2) is 0 Å². The van der Waals surface area contributed by atoms with Crippen LogP contribution in [0.1, 0.15) is 5.56 Å². The van der Waals surface area contributed by atoms with E-state index in [-0.39, 0.29) is 12.5 Å². The highest BCUT2D eigenvalue weighted by Gasteiger charge is 2.16. The molecule has 0 aliphatic rings. The topological polar surface area (TPSA) is 84.4 Å². The Kier molecular flexibility index (Phi) is 4.28. The van der Waals surface area contributed by atoms with Crippen molar-refractivity contribution in [3.05, 3.63) is 29.8 Å². The fourth-order valence-corrected chi connectivity index (χ4v) is 1.28. The van der Waals surface area contributed by atoms with Crippen LogP contribution in [0.2, 0.25) is 0 Å². The SMILES string of the molecule is Cc1ccccc1NN(C)C(=O)[C@@H](N)CN. The first-order chi connectivity index (χ1) is 7.56. The summed E-state index contributed by atoms with van der Waals surface area (Å²) in [6.07, 6.45) is 0. The molecule has 1 amide bonds. The lowest BCUT2D eigenvalue weighted by Gasteiger charge is -2.23. The predicted octanol–water partition coefficient (Wildman–Crippen LogP) is 0.0663. The van der Waals surface area contributed by atoms with E-state index in [9.17, 15) is 4.79 Å². The Morgan fingerprint density at radius 2 is 2.12 bits per heavy atom. The minimum absolute atomic E-state index is 0.138. The molecule has 0 fully saturated rings. The molecule has 5 N–H and O–H groups in total. The Hall–Kier alpha value is -1.59. The lowest BCUT2D eigenvalue weighted by Crippen LogP contribution is -2.48. The molecule has 1 aromatic rings. The summed E-state index contributed by atoms with van der Waals surface area (Å²) >= 11 is 0. The summed E-state index contributed by atoms with van der Waals surface area (Å²) in [6, 6.07) is 7.03. The second-order valence-electron chi connectivity index (χ2n) is 3.67. The van der Waals surface area contributed by atoms with Crippen LogP contribution in [0.15, 0.2) is 24.3 Å². The molecule has 5 heteroatoms. The van der Waals surface area contributed by atoms with Crippen molar-refractivity contribution < 1.29 is 4.79 Å². The third kappa shape index (κ3) is 2.95. The molecule has 0 unspecified atom stereocenters. The van der Waals surface area contributed by atoms with Gasteiger partial charge >= 0.3 is 0 Å². The van der Waals surface area contributed by atoms with Gasteiger partial charge in [0.05, 0.1) is 11.7 Å². The van der Waals surface area contributed by atoms with Gasteiger partial charge in [0.2, 0.25) is 0 Å². The molecule has 0 saturated heterocycles. The third-order valence-electron chi connectivity index (χ3n) is 2.33. The molecule has 1 atom stereocenters. The maximum atomic E-state index is 11.6. The molecule has 88 valence electrons. The van der Waals surface area contributed by atoms with E-state index in [1.165, 1.54) is 5.01 Å². The summed E-state index contributed by atoms with van der Waals surface area (Å²) in [6.45, 7) is 2.10. The van der Waals surface area contributed by atoms with Gasteiger partial charge in [0, 0.05) is 13.6 Å². The lowest BCUT2D eigenvalue weighted by molar-refractivity contribution is -0.129. The fourth-order valence-electron chi connectivity index (χ4n) is 1.28. The number of likely N-dealkylation sites (N-methyl/N-ethyl adjacent to an activating group) is 1. The zero-order chi connectivity index (χ0) is 12.1. The number of carbonyl (C=O) groups is 1. The molecule has 0 spiro atoms. The average Bonchev–Trinajstić information content (AvgIpc) is 2.30. The van der Waals surface area contributed by atoms with E-state index in [0.717, 1.165) is 11.3 Å². The number of nitrogens with zero attached hydrogens (tertiary/aromatic N) is 1. The Bertz CT molecular complexity index is 367. The zero-order valence-electron chi connectivity index (χ0n) is 9.60. The third-order valence-corrected chi connectivity index (χ3v) is 2.33. The Morgan fingerprint density at radius 1 is 1.50 bits per heavy atom. The lowest BCUT2D eigenvalue weighted by atomic mass is 10.2. The number of amides is 1. The van der Waals surface area contributed by atoms with Crippen LogP contribution in [0.25, 0.3) is 0 Å². The molecule has 1 rings (SSSR count). The van der Waals surface area contributed by atoms with Crippen molar-refractivity contribution in [2.24, 2.45) is 11.5 Å². The average molecular weight is 222 g/mol. The first-order valence-corrected chi connectivity index (χ1v) is 5.11. The van der Waals surface area contributed by atoms with E-state index in [4.69, 9.17) is 11.5 Å². The maximum absolute atomic E-state index is 11.6. The van der Waals surface area contributed by atoms with Gasteiger partial charge in [0.25, 0.3) is 5.91 Å². The first-order valence-electron chi connectivity index (χ1n) is 5.11. The number of hydrogen-bond donors (Lipinski definition) is 3. The number of nitrogens with one attached hydrogen (secondary N) is 1. The standard InChI is InChI=1S/C11H18N4O/c1-8-5-3-4-6-10(8)14-15(2)11(16)9(13)7-12/h3-6,9,14H,7,12-13H2,1-2H3/t9-/m0/s1. The number of anilines is 1. The molecule has 0 aliphatic carbocycles. The smallest absolute Gasteiger partial charge is 0.258 e. The van der Waals surface area contributed by atoms with Crippen LogP contribution >= 0.6 is 0 Å². The second kappa shape index (κ2) is 5.48. The van der Waals surface area contributed by atoms with E-state index >= 15 is 0 Å². The normalized spacial score (nSPS) is 12.0. The highest BCUT2D eigenvalue weighted by Crippen LogP contribution is 2.13. The fraction of sp³-hybridized carbons (Fsp3) is 0.364. The molecule has 0 aromatic heterocycles. The molecular weight excluding hydrogens is 204 g/mol.